The summed E-state index contributed by atoms with van der Waals surface area (Å²) in [6, 6.07) is 15.2. The molecule has 0 saturated carbocycles. The van der Waals surface area contributed by atoms with Gasteiger partial charge in [0.25, 0.3) is 0 Å². The van der Waals surface area contributed by atoms with Crippen LogP contribution >= 0.6 is 0 Å². The number of aryl methyl sites for hydroxylation is 1. The van der Waals surface area contributed by atoms with Crippen molar-refractivity contribution in [1.82, 2.24) is 16.2 Å². The highest BCUT2D eigenvalue weighted by Gasteiger charge is 2.35. The molecule has 2 unspecified atom stereocenters. The second-order valence-electron chi connectivity index (χ2n) is 7.60. The summed E-state index contributed by atoms with van der Waals surface area (Å²) >= 11 is 0. The molecule has 2 atom stereocenters. The van der Waals surface area contributed by atoms with Gasteiger partial charge in [0.05, 0.1) is 6.04 Å². The van der Waals surface area contributed by atoms with Crippen LogP contribution in [0.4, 0.5) is 0 Å². The van der Waals surface area contributed by atoms with E-state index in [0.29, 0.717) is 5.92 Å². The lowest BCUT2D eigenvalue weighted by molar-refractivity contribution is 0.0495. The first-order valence-electron chi connectivity index (χ1n) is 9.66. The Hall–Kier alpha value is -1.66. The van der Waals surface area contributed by atoms with Gasteiger partial charge in [-0.15, -0.1) is 0 Å². The average Bonchev–Trinajstić information content (AvgIpc) is 3.32. The molecule has 2 saturated heterocycles. The fourth-order valence-corrected chi connectivity index (χ4v) is 4.27. The minimum atomic E-state index is 0.176. The molecule has 4 rings (SSSR count). The molecule has 3 N–H and O–H groups in total. The van der Waals surface area contributed by atoms with Gasteiger partial charge in [-0.1, -0.05) is 30.3 Å². The Morgan fingerprint density at radius 3 is 2.65 bits per heavy atom. The van der Waals surface area contributed by atoms with E-state index >= 15 is 0 Å². The maximum absolute atomic E-state index is 5.84. The lowest BCUT2D eigenvalue weighted by Gasteiger charge is -2.38. The molecule has 5 heteroatoms. The van der Waals surface area contributed by atoms with Crippen LogP contribution in [0.1, 0.15) is 36.0 Å². The molecule has 2 fully saturated rings. The van der Waals surface area contributed by atoms with Gasteiger partial charge in [0.2, 0.25) is 0 Å². The largest absolute Gasteiger partial charge is 0.465 e. The van der Waals surface area contributed by atoms with Gasteiger partial charge in [-0.25, -0.2) is 5.43 Å². The highest BCUT2D eigenvalue weighted by molar-refractivity contribution is 5.26. The second-order valence-corrected chi connectivity index (χ2v) is 7.60. The van der Waals surface area contributed by atoms with E-state index in [0.717, 1.165) is 57.2 Å². The summed E-state index contributed by atoms with van der Waals surface area (Å²) in [7, 11) is 0. The Morgan fingerprint density at radius 1 is 1.12 bits per heavy atom. The lowest BCUT2D eigenvalue weighted by atomic mass is 9.74. The van der Waals surface area contributed by atoms with Crippen LogP contribution in [0, 0.1) is 12.8 Å². The van der Waals surface area contributed by atoms with Crippen molar-refractivity contribution in [2.45, 2.75) is 31.2 Å². The van der Waals surface area contributed by atoms with Gasteiger partial charge in [0.15, 0.2) is 0 Å². The molecule has 2 aliphatic heterocycles. The molecule has 0 spiro atoms. The van der Waals surface area contributed by atoms with Crippen molar-refractivity contribution in [1.29, 1.82) is 0 Å². The summed E-state index contributed by atoms with van der Waals surface area (Å²) in [5, 5.41) is 3.77. The molecule has 1 aromatic heterocycles. The first-order chi connectivity index (χ1) is 12.8. The fourth-order valence-electron chi connectivity index (χ4n) is 4.27. The molecule has 0 amide bonds. The molecule has 0 aliphatic carbocycles. The molecule has 0 radical (unpaired) electrons. The topological polar surface area (TPSA) is 58.5 Å². The number of benzene rings is 1. The summed E-state index contributed by atoms with van der Waals surface area (Å²) in [5.41, 5.74) is 8.26. The SMILES string of the molecule is Cc1ccc(C2NNCC2CNCC2(c3ccccc3)CCOCC2)o1. The van der Waals surface area contributed by atoms with Crippen LogP contribution in [0.5, 0.6) is 0 Å². The number of ether oxygens (including phenoxy) is 1. The molecule has 140 valence electrons. The summed E-state index contributed by atoms with van der Waals surface area (Å²) in [5.74, 6) is 2.45. The smallest absolute Gasteiger partial charge is 0.122 e. The van der Waals surface area contributed by atoms with Crippen molar-refractivity contribution in [2.75, 3.05) is 32.8 Å². The summed E-state index contributed by atoms with van der Waals surface area (Å²) in [6.45, 7) is 6.57. The normalized spacial score (nSPS) is 25.4. The highest BCUT2D eigenvalue weighted by atomic mass is 16.5. The van der Waals surface area contributed by atoms with E-state index in [2.05, 4.69) is 52.6 Å². The van der Waals surface area contributed by atoms with Crippen molar-refractivity contribution >= 4 is 0 Å². The van der Waals surface area contributed by atoms with Gasteiger partial charge in [0.1, 0.15) is 11.5 Å². The number of furan rings is 1. The van der Waals surface area contributed by atoms with Crippen LogP contribution in [0.25, 0.3) is 0 Å². The molecule has 3 heterocycles. The Labute approximate surface area is 155 Å². The van der Waals surface area contributed by atoms with Crippen molar-refractivity contribution in [3.05, 3.63) is 59.5 Å². The van der Waals surface area contributed by atoms with Crippen LogP contribution in [-0.4, -0.2) is 32.8 Å². The zero-order valence-corrected chi connectivity index (χ0v) is 15.5. The average molecular weight is 355 g/mol. The van der Waals surface area contributed by atoms with Gasteiger partial charge in [-0.05, 0) is 37.5 Å². The molecule has 26 heavy (non-hydrogen) atoms. The standard InChI is InChI=1S/C21H29N3O2/c1-16-7-8-19(26-16)20-17(14-23-24-20)13-22-15-21(9-11-25-12-10-21)18-5-3-2-4-6-18/h2-8,17,20,22-24H,9-15H2,1H3. The zero-order chi connectivity index (χ0) is 17.8. The van der Waals surface area contributed by atoms with Gasteiger partial charge < -0.3 is 14.5 Å². The molecule has 1 aromatic carbocycles. The van der Waals surface area contributed by atoms with Crippen molar-refractivity contribution in [2.24, 2.45) is 5.92 Å². The first kappa shape index (κ1) is 17.7. The van der Waals surface area contributed by atoms with E-state index in [1.165, 1.54) is 5.56 Å². The summed E-state index contributed by atoms with van der Waals surface area (Å²) in [6.07, 6.45) is 2.15. The third kappa shape index (κ3) is 3.71. The minimum absolute atomic E-state index is 0.176. The highest BCUT2D eigenvalue weighted by Crippen LogP contribution is 2.34. The molecule has 2 aliphatic rings. The first-order valence-corrected chi connectivity index (χ1v) is 9.66. The molecule has 5 nitrogen and oxygen atoms in total. The van der Waals surface area contributed by atoms with Crippen LogP contribution in [0.15, 0.2) is 46.9 Å². The number of hydrazine groups is 1. The Kier molecular flexibility index (Phi) is 5.41. The van der Waals surface area contributed by atoms with E-state index < -0.39 is 0 Å². The molecular formula is C21H29N3O2. The molecule has 2 aromatic rings. The van der Waals surface area contributed by atoms with Crippen molar-refractivity contribution < 1.29 is 9.15 Å². The summed E-state index contributed by atoms with van der Waals surface area (Å²) < 4.78 is 11.5. The van der Waals surface area contributed by atoms with Gasteiger partial charge in [-0.3, -0.25) is 5.43 Å². The minimum Gasteiger partial charge on any atom is -0.465 e. The zero-order valence-electron chi connectivity index (χ0n) is 15.5. The fraction of sp³-hybridized carbons (Fsp3) is 0.524. The van der Waals surface area contributed by atoms with Crippen LogP contribution in [0.2, 0.25) is 0 Å². The lowest BCUT2D eigenvalue weighted by Crippen LogP contribution is -2.44. The monoisotopic (exact) mass is 355 g/mol. The Morgan fingerprint density at radius 2 is 1.92 bits per heavy atom. The number of nitrogens with one attached hydrogen (secondary N) is 3. The van der Waals surface area contributed by atoms with Crippen LogP contribution in [-0.2, 0) is 10.2 Å². The van der Waals surface area contributed by atoms with Crippen LogP contribution < -0.4 is 16.2 Å². The van der Waals surface area contributed by atoms with E-state index in [-0.39, 0.29) is 11.5 Å². The van der Waals surface area contributed by atoms with Gasteiger partial charge in [0, 0.05) is 44.2 Å². The van der Waals surface area contributed by atoms with E-state index in [1.54, 1.807) is 0 Å². The van der Waals surface area contributed by atoms with Gasteiger partial charge in [-0.2, -0.15) is 0 Å². The van der Waals surface area contributed by atoms with E-state index in [9.17, 15) is 0 Å². The molecular weight excluding hydrogens is 326 g/mol. The molecule has 0 bridgehead atoms. The number of hydrogen-bond donors (Lipinski definition) is 3. The second kappa shape index (κ2) is 7.92. The van der Waals surface area contributed by atoms with Crippen LogP contribution in [0.3, 0.4) is 0 Å². The summed E-state index contributed by atoms with van der Waals surface area (Å²) in [4.78, 5) is 0. The van der Waals surface area contributed by atoms with E-state index in [1.807, 2.05) is 13.0 Å². The third-order valence-corrected chi connectivity index (χ3v) is 5.87. The predicted octanol–water partition coefficient (Wildman–Crippen LogP) is 2.69. The van der Waals surface area contributed by atoms with Crippen molar-refractivity contribution in [3.63, 3.8) is 0 Å². The number of rotatable bonds is 6. The van der Waals surface area contributed by atoms with Gasteiger partial charge >= 0.3 is 0 Å². The quantitative estimate of drug-likeness (QED) is 0.744. The predicted molar refractivity (Wildman–Crippen MR) is 102 cm³/mol. The maximum atomic E-state index is 5.84. The van der Waals surface area contributed by atoms with Crippen molar-refractivity contribution in [3.8, 4) is 0 Å². The number of hydrogen-bond acceptors (Lipinski definition) is 5. The van der Waals surface area contributed by atoms with E-state index in [4.69, 9.17) is 9.15 Å². The Balaban J connectivity index is 1.40. The third-order valence-electron chi connectivity index (χ3n) is 5.87. The Bertz CT molecular complexity index is 694. The maximum Gasteiger partial charge on any atom is 0.122 e.